The van der Waals surface area contributed by atoms with Crippen molar-refractivity contribution >= 4 is 5.91 Å². The Morgan fingerprint density at radius 1 is 1.14 bits per heavy atom. The number of para-hydroxylation sites is 1. The molecule has 3 aromatic rings. The van der Waals surface area contributed by atoms with E-state index < -0.39 is 0 Å². The summed E-state index contributed by atoms with van der Waals surface area (Å²) in [5.74, 6) is 0.589. The predicted molar refractivity (Wildman–Crippen MR) is 109 cm³/mol. The van der Waals surface area contributed by atoms with Crippen molar-refractivity contribution in [3.05, 3.63) is 72.3 Å². The van der Waals surface area contributed by atoms with Gasteiger partial charge >= 0.3 is 0 Å². The van der Waals surface area contributed by atoms with Gasteiger partial charge < -0.3 is 10.1 Å². The molecule has 1 unspecified atom stereocenters. The molecule has 0 spiro atoms. The fourth-order valence-electron chi connectivity index (χ4n) is 2.98. The Hall–Kier alpha value is -3.15. The second-order valence-corrected chi connectivity index (χ2v) is 7.76. The molecule has 0 saturated heterocycles. The molecular formula is C22H26N4O2. The zero-order valence-corrected chi connectivity index (χ0v) is 16.7. The summed E-state index contributed by atoms with van der Waals surface area (Å²) < 4.78 is 7.49. The van der Waals surface area contributed by atoms with Crippen LogP contribution in [0.15, 0.2) is 61.2 Å². The monoisotopic (exact) mass is 378 g/mol. The fourth-order valence-corrected chi connectivity index (χ4v) is 2.98. The lowest BCUT2D eigenvalue weighted by molar-refractivity contribution is -0.123. The third-order valence-corrected chi connectivity index (χ3v) is 4.51. The van der Waals surface area contributed by atoms with Gasteiger partial charge in [0, 0.05) is 0 Å². The van der Waals surface area contributed by atoms with Gasteiger partial charge in [0.15, 0.2) is 6.61 Å². The minimum Gasteiger partial charge on any atom is -0.483 e. The van der Waals surface area contributed by atoms with Crippen LogP contribution in [0.3, 0.4) is 0 Å². The molecule has 1 amide bonds. The van der Waals surface area contributed by atoms with Crippen molar-refractivity contribution in [1.82, 2.24) is 20.1 Å². The second kappa shape index (κ2) is 8.25. The number of nitrogens with zero attached hydrogens (tertiary/aromatic N) is 3. The van der Waals surface area contributed by atoms with Gasteiger partial charge in [-0.2, -0.15) is 5.10 Å². The molecule has 1 aromatic heterocycles. The van der Waals surface area contributed by atoms with Crippen LogP contribution in [-0.4, -0.2) is 27.3 Å². The Morgan fingerprint density at radius 3 is 2.50 bits per heavy atom. The van der Waals surface area contributed by atoms with Crippen molar-refractivity contribution < 1.29 is 9.53 Å². The van der Waals surface area contributed by atoms with Gasteiger partial charge in [-0.05, 0) is 41.7 Å². The summed E-state index contributed by atoms with van der Waals surface area (Å²) in [6.45, 7) is 8.31. The highest BCUT2D eigenvalue weighted by molar-refractivity contribution is 5.78. The lowest BCUT2D eigenvalue weighted by Crippen LogP contribution is -2.31. The number of aromatic nitrogens is 3. The topological polar surface area (TPSA) is 69.0 Å². The third-order valence-electron chi connectivity index (χ3n) is 4.51. The molecule has 0 aliphatic carbocycles. The van der Waals surface area contributed by atoms with Crippen LogP contribution >= 0.6 is 0 Å². The van der Waals surface area contributed by atoms with E-state index in [2.05, 4.69) is 36.2 Å². The SMILES string of the molecule is CC(NC(=O)COc1ccccc1C(C)(C)C)c1ccc(-n2cncn2)cc1. The summed E-state index contributed by atoms with van der Waals surface area (Å²) >= 11 is 0. The van der Waals surface area contributed by atoms with E-state index >= 15 is 0 Å². The molecule has 6 heteroatoms. The van der Waals surface area contributed by atoms with Crippen molar-refractivity contribution in [1.29, 1.82) is 0 Å². The molecular weight excluding hydrogens is 352 g/mol. The van der Waals surface area contributed by atoms with E-state index in [9.17, 15) is 4.79 Å². The molecule has 0 fully saturated rings. The van der Waals surface area contributed by atoms with Crippen LogP contribution in [0.4, 0.5) is 0 Å². The molecule has 6 nitrogen and oxygen atoms in total. The van der Waals surface area contributed by atoms with Crippen LogP contribution in [0.25, 0.3) is 5.69 Å². The smallest absolute Gasteiger partial charge is 0.258 e. The maximum absolute atomic E-state index is 12.4. The normalized spacial score (nSPS) is 12.4. The van der Waals surface area contributed by atoms with E-state index in [1.807, 2.05) is 55.5 Å². The molecule has 3 rings (SSSR count). The second-order valence-electron chi connectivity index (χ2n) is 7.76. The van der Waals surface area contributed by atoms with E-state index in [4.69, 9.17) is 4.74 Å². The lowest BCUT2D eigenvalue weighted by Gasteiger charge is -2.23. The van der Waals surface area contributed by atoms with E-state index in [-0.39, 0.29) is 24.0 Å². The number of hydrogen-bond acceptors (Lipinski definition) is 4. The van der Waals surface area contributed by atoms with Crippen molar-refractivity contribution in [3.8, 4) is 11.4 Å². The van der Waals surface area contributed by atoms with Crippen LogP contribution in [0.5, 0.6) is 5.75 Å². The van der Waals surface area contributed by atoms with Crippen LogP contribution < -0.4 is 10.1 Å². The number of nitrogens with one attached hydrogen (secondary N) is 1. The molecule has 28 heavy (non-hydrogen) atoms. The first-order valence-corrected chi connectivity index (χ1v) is 9.31. The largest absolute Gasteiger partial charge is 0.483 e. The minimum atomic E-state index is -0.156. The molecule has 0 aliphatic heterocycles. The van der Waals surface area contributed by atoms with Gasteiger partial charge in [0.25, 0.3) is 5.91 Å². The lowest BCUT2D eigenvalue weighted by atomic mass is 9.86. The Kier molecular flexibility index (Phi) is 5.78. The number of rotatable bonds is 6. The van der Waals surface area contributed by atoms with E-state index in [0.29, 0.717) is 0 Å². The van der Waals surface area contributed by atoms with Gasteiger partial charge in [-0.1, -0.05) is 51.1 Å². The zero-order valence-electron chi connectivity index (χ0n) is 16.7. The van der Waals surface area contributed by atoms with Crippen molar-refractivity contribution in [2.45, 2.75) is 39.2 Å². The van der Waals surface area contributed by atoms with Gasteiger partial charge in [0.05, 0.1) is 11.7 Å². The molecule has 0 bridgehead atoms. The zero-order chi connectivity index (χ0) is 20.1. The maximum atomic E-state index is 12.4. The molecule has 1 atom stereocenters. The number of carbonyl (C=O) groups excluding carboxylic acids is 1. The van der Waals surface area contributed by atoms with Crippen LogP contribution in [0, 0.1) is 0 Å². The van der Waals surface area contributed by atoms with Crippen LogP contribution in [0.1, 0.15) is 44.9 Å². The Labute approximate surface area is 165 Å². The number of ether oxygens (including phenoxy) is 1. The summed E-state index contributed by atoms with van der Waals surface area (Å²) in [7, 11) is 0. The van der Waals surface area contributed by atoms with E-state index in [0.717, 1.165) is 22.6 Å². The highest BCUT2D eigenvalue weighted by Gasteiger charge is 2.19. The van der Waals surface area contributed by atoms with Gasteiger partial charge in [0.2, 0.25) is 0 Å². The molecule has 146 valence electrons. The van der Waals surface area contributed by atoms with Crippen LogP contribution in [0.2, 0.25) is 0 Å². The van der Waals surface area contributed by atoms with Gasteiger partial charge in [0.1, 0.15) is 18.4 Å². The summed E-state index contributed by atoms with van der Waals surface area (Å²) in [5, 5.41) is 7.09. The van der Waals surface area contributed by atoms with E-state index in [1.54, 1.807) is 11.0 Å². The molecule has 1 heterocycles. The van der Waals surface area contributed by atoms with Crippen molar-refractivity contribution in [3.63, 3.8) is 0 Å². The first kappa shape index (κ1) is 19.6. The minimum absolute atomic E-state index is 0.0194. The molecule has 0 saturated carbocycles. The maximum Gasteiger partial charge on any atom is 0.258 e. The first-order valence-electron chi connectivity index (χ1n) is 9.31. The Bertz CT molecular complexity index is 912. The molecule has 0 radical (unpaired) electrons. The molecule has 2 aromatic carbocycles. The highest BCUT2D eigenvalue weighted by Crippen LogP contribution is 2.30. The Balaban J connectivity index is 1.58. The number of hydrogen-bond donors (Lipinski definition) is 1. The average molecular weight is 378 g/mol. The third kappa shape index (κ3) is 4.76. The average Bonchev–Trinajstić information content (AvgIpc) is 3.21. The van der Waals surface area contributed by atoms with Gasteiger partial charge in [-0.3, -0.25) is 4.79 Å². The summed E-state index contributed by atoms with van der Waals surface area (Å²) in [6.07, 6.45) is 3.14. The summed E-state index contributed by atoms with van der Waals surface area (Å²) in [4.78, 5) is 16.3. The fraction of sp³-hybridized carbons (Fsp3) is 0.318. The molecule has 1 N–H and O–H groups in total. The predicted octanol–water partition coefficient (Wildman–Crippen LogP) is 3.82. The van der Waals surface area contributed by atoms with Gasteiger partial charge in [-0.15, -0.1) is 0 Å². The number of amides is 1. The van der Waals surface area contributed by atoms with Gasteiger partial charge in [-0.25, -0.2) is 9.67 Å². The number of benzene rings is 2. The van der Waals surface area contributed by atoms with Crippen molar-refractivity contribution in [2.75, 3.05) is 6.61 Å². The summed E-state index contributed by atoms with van der Waals surface area (Å²) in [5.41, 5.74) is 2.96. The quantitative estimate of drug-likeness (QED) is 0.708. The molecule has 0 aliphatic rings. The summed E-state index contributed by atoms with van der Waals surface area (Å²) in [6, 6.07) is 15.5. The number of carbonyl (C=O) groups is 1. The van der Waals surface area contributed by atoms with Crippen molar-refractivity contribution in [2.24, 2.45) is 0 Å². The van der Waals surface area contributed by atoms with Crippen LogP contribution in [-0.2, 0) is 10.2 Å². The standard InChI is InChI=1S/C22H26N4O2/c1-16(17-9-11-18(12-10-17)26-15-23-14-24-26)25-21(27)13-28-20-8-6-5-7-19(20)22(2,3)4/h5-12,14-16H,13H2,1-4H3,(H,25,27). The first-order chi connectivity index (χ1) is 13.3. The Morgan fingerprint density at radius 2 is 1.86 bits per heavy atom. The van der Waals surface area contributed by atoms with E-state index in [1.165, 1.54) is 6.33 Å². The highest BCUT2D eigenvalue weighted by atomic mass is 16.5.